The van der Waals surface area contributed by atoms with Gasteiger partial charge in [0.05, 0.1) is 29.9 Å². The summed E-state index contributed by atoms with van der Waals surface area (Å²) in [5.41, 5.74) is 0.772. The molecule has 2 saturated heterocycles. The fourth-order valence-corrected chi connectivity index (χ4v) is 5.50. The molecular formula is C26H25N3O6. The molecule has 3 heterocycles. The smallest absolute Gasteiger partial charge is 0.271 e. The molecule has 0 N–H and O–H groups in total. The number of nitrogens with zero attached hydrogens (tertiary/aromatic N) is 3. The quantitative estimate of drug-likeness (QED) is 0.376. The van der Waals surface area contributed by atoms with Crippen molar-refractivity contribution in [2.24, 2.45) is 17.3 Å². The summed E-state index contributed by atoms with van der Waals surface area (Å²) in [6, 6.07) is 10.0. The Hall–Kier alpha value is -4.01. The van der Waals surface area contributed by atoms with Crippen molar-refractivity contribution in [2.45, 2.75) is 32.9 Å². The zero-order valence-electron chi connectivity index (χ0n) is 19.8. The molecule has 3 aliphatic heterocycles. The number of Topliss-reactive ketones (excluding diaryl/α,β-unsaturated/α-hetero) is 1. The number of methoxy groups -OCH3 is 1. The van der Waals surface area contributed by atoms with Gasteiger partial charge in [-0.15, -0.1) is 0 Å². The third-order valence-corrected chi connectivity index (χ3v) is 7.08. The minimum atomic E-state index is -0.931. The van der Waals surface area contributed by atoms with E-state index in [-0.39, 0.29) is 22.9 Å². The molecule has 5 rings (SSSR count). The van der Waals surface area contributed by atoms with E-state index < -0.39 is 46.1 Å². The molecule has 0 aliphatic carbocycles. The molecule has 4 atom stereocenters. The minimum Gasteiger partial charge on any atom is -0.495 e. The van der Waals surface area contributed by atoms with Crippen LogP contribution in [0.1, 0.15) is 37.9 Å². The highest BCUT2D eigenvalue weighted by atomic mass is 16.6. The molecule has 0 unspecified atom stereocenters. The van der Waals surface area contributed by atoms with Gasteiger partial charge in [-0.3, -0.25) is 24.5 Å². The van der Waals surface area contributed by atoms with Crippen molar-refractivity contribution < 1.29 is 24.0 Å². The first-order valence-corrected chi connectivity index (χ1v) is 11.4. The van der Waals surface area contributed by atoms with Crippen LogP contribution in [0.3, 0.4) is 0 Å². The number of benzene rings is 2. The van der Waals surface area contributed by atoms with E-state index >= 15 is 0 Å². The van der Waals surface area contributed by atoms with Crippen LogP contribution in [-0.2, 0) is 14.4 Å². The zero-order chi connectivity index (χ0) is 25.2. The van der Waals surface area contributed by atoms with Crippen molar-refractivity contribution in [1.82, 2.24) is 4.90 Å². The monoisotopic (exact) mass is 475 g/mol. The van der Waals surface area contributed by atoms with Gasteiger partial charge < -0.3 is 9.64 Å². The standard InChI is InChI=1S/C26H25N3O6/c1-26(2,3)23(30)22-20-19(21-16-8-6-5-7-14(16)11-12-27(21)22)24(31)28(25(20)32)17-13-15(29(33)34)9-10-18(17)35-4/h5-13,19-22H,1-4H3/t19-,20-,21+,22+/m0/s1. The van der Waals surface area contributed by atoms with Crippen molar-refractivity contribution in [3.05, 3.63) is 69.9 Å². The number of ketones is 1. The van der Waals surface area contributed by atoms with Gasteiger partial charge >= 0.3 is 0 Å². The fourth-order valence-electron chi connectivity index (χ4n) is 5.50. The summed E-state index contributed by atoms with van der Waals surface area (Å²) in [5.74, 6) is -2.79. The maximum atomic E-state index is 13.9. The Morgan fingerprint density at radius 3 is 2.40 bits per heavy atom. The number of hydrogen-bond acceptors (Lipinski definition) is 7. The molecule has 0 saturated carbocycles. The number of amides is 2. The molecule has 2 aromatic rings. The van der Waals surface area contributed by atoms with Gasteiger partial charge in [-0.25, -0.2) is 4.90 Å². The summed E-state index contributed by atoms with van der Waals surface area (Å²) in [6.07, 6.45) is 3.70. The summed E-state index contributed by atoms with van der Waals surface area (Å²) in [7, 11) is 1.37. The molecule has 0 spiro atoms. The zero-order valence-corrected chi connectivity index (χ0v) is 19.8. The molecule has 2 aromatic carbocycles. The number of nitro groups is 1. The molecule has 9 nitrogen and oxygen atoms in total. The van der Waals surface area contributed by atoms with Crippen LogP contribution in [0.5, 0.6) is 5.75 Å². The third kappa shape index (κ3) is 3.25. The van der Waals surface area contributed by atoms with E-state index in [1.165, 1.54) is 25.3 Å². The van der Waals surface area contributed by atoms with Gasteiger partial charge in [-0.2, -0.15) is 0 Å². The Kier molecular flexibility index (Phi) is 5.05. The van der Waals surface area contributed by atoms with Crippen LogP contribution in [0.4, 0.5) is 11.4 Å². The number of fused-ring (bicyclic) bond motifs is 5. The van der Waals surface area contributed by atoms with Gasteiger partial charge in [-0.1, -0.05) is 45.0 Å². The van der Waals surface area contributed by atoms with Crippen LogP contribution >= 0.6 is 0 Å². The fraction of sp³-hybridized carbons (Fsp3) is 0.346. The van der Waals surface area contributed by atoms with Crippen molar-refractivity contribution >= 4 is 35.0 Å². The maximum absolute atomic E-state index is 13.9. The van der Waals surface area contributed by atoms with Crippen molar-refractivity contribution in [1.29, 1.82) is 0 Å². The van der Waals surface area contributed by atoms with Crippen LogP contribution in [0.15, 0.2) is 48.7 Å². The lowest BCUT2D eigenvalue weighted by Gasteiger charge is -2.37. The first-order chi connectivity index (χ1) is 16.6. The first kappa shape index (κ1) is 22.8. The molecular weight excluding hydrogens is 450 g/mol. The predicted molar refractivity (Wildman–Crippen MR) is 127 cm³/mol. The lowest BCUT2D eigenvalue weighted by molar-refractivity contribution is -0.384. The number of rotatable bonds is 4. The summed E-state index contributed by atoms with van der Waals surface area (Å²) < 4.78 is 5.35. The van der Waals surface area contributed by atoms with Gasteiger partial charge in [0.15, 0.2) is 5.78 Å². The number of imide groups is 1. The largest absolute Gasteiger partial charge is 0.495 e. The van der Waals surface area contributed by atoms with Gasteiger partial charge in [-0.05, 0) is 23.3 Å². The number of ether oxygens (including phenoxy) is 1. The van der Waals surface area contributed by atoms with Crippen LogP contribution in [-0.4, -0.2) is 40.6 Å². The summed E-state index contributed by atoms with van der Waals surface area (Å²) >= 11 is 0. The average Bonchev–Trinajstić information content (AvgIpc) is 3.30. The Labute approximate surface area is 202 Å². The van der Waals surface area contributed by atoms with Gasteiger partial charge in [0.2, 0.25) is 11.8 Å². The predicted octanol–water partition coefficient (Wildman–Crippen LogP) is 3.73. The second kappa shape index (κ2) is 7.76. The molecule has 35 heavy (non-hydrogen) atoms. The second-order valence-electron chi connectivity index (χ2n) is 10.1. The Balaban J connectivity index is 1.69. The number of nitro benzene ring substituents is 1. The molecule has 180 valence electrons. The first-order valence-electron chi connectivity index (χ1n) is 11.4. The van der Waals surface area contributed by atoms with Gasteiger partial charge in [0, 0.05) is 23.7 Å². The van der Waals surface area contributed by atoms with E-state index in [4.69, 9.17) is 4.74 Å². The summed E-state index contributed by atoms with van der Waals surface area (Å²) in [5, 5.41) is 11.4. The van der Waals surface area contributed by atoms with Crippen LogP contribution in [0.25, 0.3) is 6.08 Å². The number of carbonyl (C=O) groups excluding carboxylic acids is 3. The van der Waals surface area contributed by atoms with E-state index in [0.29, 0.717) is 0 Å². The van der Waals surface area contributed by atoms with Crippen LogP contribution in [0, 0.1) is 27.4 Å². The van der Waals surface area contributed by atoms with E-state index in [1.54, 1.807) is 27.0 Å². The van der Waals surface area contributed by atoms with Crippen LogP contribution < -0.4 is 9.64 Å². The van der Waals surface area contributed by atoms with Crippen LogP contribution in [0.2, 0.25) is 0 Å². The Morgan fingerprint density at radius 1 is 1.06 bits per heavy atom. The van der Waals surface area contributed by atoms with E-state index in [1.807, 2.05) is 35.2 Å². The average molecular weight is 476 g/mol. The molecule has 3 aliphatic rings. The highest BCUT2D eigenvalue weighted by molar-refractivity contribution is 6.25. The number of hydrogen-bond donors (Lipinski definition) is 0. The molecule has 2 fully saturated rings. The lowest BCUT2D eigenvalue weighted by Crippen LogP contribution is -2.47. The number of anilines is 1. The number of non-ortho nitro benzene ring substituents is 1. The normalized spacial score (nSPS) is 24.8. The van der Waals surface area contributed by atoms with E-state index in [0.717, 1.165) is 16.0 Å². The Morgan fingerprint density at radius 2 is 1.74 bits per heavy atom. The van der Waals surface area contributed by atoms with Crippen molar-refractivity contribution in [2.75, 3.05) is 12.0 Å². The van der Waals surface area contributed by atoms with E-state index in [9.17, 15) is 24.5 Å². The Bertz CT molecular complexity index is 1310. The lowest BCUT2D eigenvalue weighted by atomic mass is 9.79. The highest BCUT2D eigenvalue weighted by Crippen LogP contribution is 2.55. The van der Waals surface area contributed by atoms with E-state index in [2.05, 4.69) is 0 Å². The second-order valence-corrected chi connectivity index (χ2v) is 10.1. The minimum absolute atomic E-state index is 0.0132. The maximum Gasteiger partial charge on any atom is 0.271 e. The molecule has 0 bridgehead atoms. The topological polar surface area (TPSA) is 110 Å². The van der Waals surface area contributed by atoms with Crippen molar-refractivity contribution in [3.63, 3.8) is 0 Å². The highest BCUT2D eigenvalue weighted by Gasteiger charge is 2.65. The third-order valence-electron chi connectivity index (χ3n) is 7.08. The summed E-state index contributed by atoms with van der Waals surface area (Å²) in [6.45, 7) is 5.38. The molecule has 0 aromatic heterocycles. The van der Waals surface area contributed by atoms with Gasteiger partial charge in [0.25, 0.3) is 5.69 Å². The molecule has 0 radical (unpaired) electrons. The van der Waals surface area contributed by atoms with Gasteiger partial charge in [0.1, 0.15) is 17.5 Å². The number of carbonyl (C=O) groups is 3. The summed E-state index contributed by atoms with van der Waals surface area (Å²) in [4.78, 5) is 55.2. The van der Waals surface area contributed by atoms with Crippen molar-refractivity contribution in [3.8, 4) is 5.75 Å². The molecule has 9 heteroatoms. The molecule has 2 amide bonds. The SMILES string of the molecule is COc1ccc([N+](=O)[O-])cc1N1C(=O)[C@H]2[C@H](C1=O)[C@H](C(=O)C(C)(C)C)N1C=Cc3ccccc3[C@H]21.